The van der Waals surface area contributed by atoms with E-state index in [1.807, 2.05) is 6.07 Å². The van der Waals surface area contributed by atoms with Crippen molar-refractivity contribution in [1.29, 1.82) is 5.26 Å². The molecule has 0 unspecified atom stereocenters. The van der Waals surface area contributed by atoms with E-state index in [1.165, 1.54) is 12.1 Å². The lowest BCUT2D eigenvalue weighted by molar-refractivity contribution is 0.0281. The van der Waals surface area contributed by atoms with E-state index in [0.29, 0.717) is 5.56 Å². The van der Waals surface area contributed by atoms with Crippen LogP contribution in [-0.2, 0) is 14.6 Å². The number of hydrogen-bond donors (Lipinski definition) is 1. The highest BCUT2D eigenvalue weighted by atomic mass is 32.2. The average Bonchev–Trinajstić information content (AvgIpc) is 2.32. The molecule has 1 N–H and O–H groups in total. The van der Waals surface area contributed by atoms with Gasteiger partial charge >= 0.3 is 0 Å². The Hall–Kier alpha value is -1.42. The van der Waals surface area contributed by atoms with Crippen LogP contribution in [0.1, 0.15) is 5.56 Å². The van der Waals surface area contributed by atoms with E-state index < -0.39 is 9.84 Å². The highest BCUT2D eigenvalue weighted by molar-refractivity contribution is 7.91. The van der Waals surface area contributed by atoms with E-state index in [4.69, 9.17) is 10.00 Å². The van der Waals surface area contributed by atoms with E-state index in [0.717, 1.165) is 13.1 Å². The first kappa shape index (κ1) is 13.0. The maximum atomic E-state index is 12.0. The first-order valence-corrected chi connectivity index (χ1v) is 7.32. The number of sulfone groups is 1. The minimum atomic E-state index is -3.37. The summed E-state index contributed by atoms with van der Waals surface area (Å²) in [7, 11) is -3.37. The summed E-state index contributed by atoms with van der Waals surface area (Å²) in [5, 5.41) is 11.8. The fraction of sp³-hybridized carbons (Fsp3) is 0.417. The summed E-state index contributed by atoms with van der Waals surface area (Å²) in [6.07, 6.45) is 0.130. The van der Waals surface area contributed by atoms with Crippen molar-refractivity contribution in [1.82, 2.24) is 5.32 Å². The topological polar surface area (TPSA) is 79.2 Å². The van der Waals surface area contributed by atoms with Crippen LogP contribution >= 0.6 is 0 Å². The predicted molar refractivity (Wildman–Crippen MR) is 65.8 cm³/mol. The van der Waals surface area contributed by atoms with Crippen molar-refractivity contribution < 1.29 is 13.2 Å². The van der Waals surface area contributed by atoms with Crippen molar-refractivity contribution in [3.8, 4) is 6.07 Å². The van der Waals surface area contributed by atoms with Gasteiger partial charge in [0.15, 0.2) is 9.84 Å². The second-order valence-electron chi connectivity index (χ2n) is 4.11. The lowest BCUT2D eigenvalue weighted by atomic mass is 10.2. The third kappa shape index (κ3) is 3.07. The number of rotatable bonds is 5. The van der Waals surface area contributed by atoms with Crippen LogP contribution in [0.3, 0.4) is 0 Å². The molecule has 1 aromatic carbocycles. The molecule has 1 aromatic rings. The van der Waals surface area contributed by atoms with Gasteiger partial charge in [0.05, 0.1) is 35.0 Å². The Bertz CT molecular complexity index is 559. The Morgan fingerprint density at radius 3 is 2.83 bits per heavy atom. The first-order valence-electron chi connectivity index (χ1n) is 5.67. The van der Waals surface area contributed by atoms with Gasteiger partial charge in [-0.1, -0.05) is 6.07 Å². The third-order valence-electron chi connectivity index (χ3n) is 2.77. The van der Waals surface area contributed by atoms with Gasteiger partial charge in [0, 0.05) is 13.1 Å². The molecule has 0 radical (unpaired) electrons. The van der Waals surface area contributed by atoms with Crippen LogP contribution in [0.5, 0.6) is 0 Å². The molecule has 1 saturated heterocycles. The smallest absolute Gasteiger partial charge is 0.180 e. The Balaban J connectivity index is 1.98. The maximum Gasteiger partial charge on any atom is 0.180 e. The maximum absolute atomic E-state index is 12.0. The molecular weight excluding hydrogens is 252 g/mol. The van der Waals surface area contributed by atoms with E-state index in [9.17, 15) is 8.42 Å². The molecule has 1 aliphatic rings. The van der Waals surface area contributed by atoms with Crippen LogP contribution in [0.15, 0.2) is 29.2 Å². The van der Waals surface area contributed by atoms with Crippen molar-refractivity contribution >= 4 is 9.84 Å². The van der Waals surface area contributed by atoms with Gasteiger partial charge in [-0.25, -0.2) is 8.42 Å². The van der Waals surface area contributed by atoms with Gasteiger partial charge in [0.25, 0.3) is 0 Å². The molecule has 0 spiro atoms. The third-order valence-corrected chi connectivity index (χ3v) is 4.45. The fourth-order valence-corrected chi connectivity index (χ4v) is 2.73. The number of benzene rings is 1. The second kappa shape index (κ2) is 5.48. The Kier molecular flexibility index (Phi) is 3.97. The SMILES string of the molecule is N#Cc1cccc(S(=O)(=O)CCOC2CNC2)c1. The molecule has 0 amide bonds. The van der Waals surface area contributed by atoms with E-state index in [1.54, 1.807) is 12.1 Å². The van der Waals surface area contributed by atoms with Gasteiger partial charge in [-0.05, 0) is 18.2 Å². The standard InChI is InChI=1S/C12H14N2O3S/c13-7-10-2-1-3-12(6-10)18(15,16)5-4-17-11-8-14-9-11/h1-3,6,11,14H,4-5,8-9H2. The zero-order valence-corrected chi connectivity index (χ0v) is 10.6. The molecule has 0 bridgehead atoms. The van der Waals surface area contributed by atoms with Gasteiger partial charge in [0.2, 0.25) is 0 Å². The fourth-order valence-electron chi connectivity index (χ4n) is 1.58. The minimum absolute atomic E-state index is 0.0572. The van der Waals surface area contributed by atoms with Crippen LogP contribution in [0.2, 0.25) is 0 Å². The van der Waals surface area contributed by atoms with Crippen LogP contribution < -0.4 is 5.32 Å². The number of ether oxygens (including phenoxy) is 1. The number of nitrogens with one attached hydrogen (secondary N) is 1. The Labute approximate surface area is 106 Å². The largest absolute Gasteiger partial charge is 0.375 e. The summed E-state index contributed by atoms with van der Waals surface area (Å²) >= 11 is 0. The zero-order chi connectivity index (χ0) is 13.0. The van der Waals surface area contributed by atoms with Crippen molar-refractivity contribution in [3.05, 3.63) is 29.8 Å². The van der Waals surface area contributed by atoms with Crippen molar-refractivity contribution in [2.24, 2.45) is 0 Å². The lowest BCUT2D eigenvalue weighted by Gasteiger charge is -2.26. The van der Waals surface area contributed by atoms with Crippen molar-refractivity contribution in [3.63, 3.8) is 0 Å². The highest BCUT2D eigenvalue weighted by Crippen LogP contribution is 2.13. The summed E-state index contributed by atoms with van der Waals surface area (Å²) in [5.74, 6) is -0.0572. The van der Waals surface area contributed by atoms with Crippen LogP contribution in [0.25, 0.3) is 0 Å². The van der Waals surface area contributed by atoms with Gasteiger partial charge in [-0.3, -0.25) is 0 Å². The van der Waals surface area contributed by atoms with Gasteiger partial charge in [0.1, 0.15) is 0 Å². The highest BCUT2D eigenvalue weighted by Gasteiger charge is 2.19. The summed E-state index contributed by atoms with van der Waals surface area (Å²) in [4.78, 5) is 0.178. The monoisotopic (exact) mass is 266 g/mol. The molecule has 2 rings (SSSR count). The van der Waals surface area contributed by atoms with E-state index >= 15 is 0 Å². The number of nitriles is 1. The summed E-state index contributed by atoms with van der Waals surface area (Å²) in [6, 6.07) is 7.97. The quantitative estimate of drug-likeness (QED) is 0.830. The van der Waals surface area contributed by atoms with E-state index in [2.05, 4.69) is 5.32 Å². The number of hydrogen-bond acceptors (Lipinski definition) is 5. The van der Waals surface area contributed by atoms with Crippen LogP contribution in [0, 0.1) is 11.3 Å². The molecule has 18 heavy (non-hydrogen) atoms. The number of nitrogens with zero attached hydrogens (tertiary/aromatic N) is 1. The Morgan fingerprint density at radius 2 is 2.22 bits per heavy atom. The van der Waals surface area contributed by atoms with Gasteiger partial charge in [-0.15, -0.1) is 0 Å². The predicted octanol–water partition coefficient (Wildman–Crippen LogP) is 0.320. The second-order valence-corrected chi connectivity index (χ2v) is 6.22. The molecule has 6 heteroatoms. The average molecular weight is 266 g/mol. The van der Waals surface area contributed by atoms with Crippen molar-refractivity contribution in [2.75, 3.05) is 25.4 Å². The first-order chi connectivity index (χ1) is 8.62. The summed E-state index contributed by atoms with van der Waals surface area (Å²) in [5.41, 5.74) is 0.347. The van der Waals surface area contributed by atoms with Crippen LogP contribution in [-0.4, -0.2) is 40.0 Å². The van der Waals surface area contributed by atoms with Crippen molar-refractivity contribution in [2.45, 2.75) is 11.0 Å². The zero-order valence-electron chi connectivity index (χ0n) is 9.80. The summed E-state index contributed by atoms with van der Waals surface area (Å²) < 4.78 is 29.4. The molecular formula is C12H14N2O3S. The molecule has 5 nitrogen and oxygen atoms in total. The normalized spacial score (nSPS) is 15.9. The molecule has 0 saturated carbocycles. The molecule has 1 aliphatic heterocycles. The van der Waals surface area contributed by atoms with Gasteiger partial charge in [-0.2, -0.15) is 5.26 Å². The lowest BCUT2D eigenvalue weighted by Crippen LogP contribution is -2.48. The summed E-state index contributed by atoms with van der Waals surface area (Å²) in [6.45, 7) is 1.75. The molecule has 1 heterocycles. The Morgan fingerprint density at radius 1 is 1.44 bits per heavy atom. The van der Waals surface area contributed by atoms with Crippen LogP contribution in [0.4, 0.5) is 0 Å². The molecule has 1 fully saturated rings. The molecule has 96 valence electrons. The molecule has 0 aromatic heterocycles. The van der Waals surface area contributed by atoms with Gasteiger partial charge < -0.3 is 10.1 Å². The molecule has 0 atom stereocenters. The minimum Gasteiger partial charge on any atom is -0.375 e. The van der Waals surface area contributed by atoms with E-state index in [-0.39, 0.29) is 23.4 Å². The molecule has 0 aliphatic carbocycles.